The third kappa shape index (κ3) is 9.10. The van der Waals surface area contributed by atoms with Crippen molar-refractivity contribution in [3.05, 3.63) is 271 Å². The molecule has 10 rings (SSSR count). The van der Waals surface area contributed by atoms with E-state index in [-0.39, 0.29) is 0 Å². The van der Waals surface area contributed by atoms with Crippen LogP contribution in [0.2, 0.25) is 0 Å². The van der Waals surface area contributed by atoms with Crippen molar-refractivity contribution in [1.82, 2.24) is 29.1 Å². The Morgan fingerprint density at radius 2 is 1.30 bits per heavy atom. The van der Waals surface area contributed by atoms with Gasteiger partial charge in [-0.3, -0.25) is 19.9 Å². The lowest BCUT2D eigenvalue weighted by Gasteiger charge is -2.14. The second kappa shape index (κ2) is 21.0. The van der Waals surface area contributed by atoms with E-state index in [1.54, 1.807) is 18.2 Å². The molecule has 0 aliphatic heterocycles. The van der Waals surface area contributed by atoms with Gasteiger partial charge in [-0.2, -0.15) is 0 Å². The molecule has 0 unspecified atom stereocenters. The van der Waals surface area contributed by atoms with E-state index >= 15 is 0 Å². The molecule has 66 heavy (non-hydrogen) atoms. The van der Waals surface area contributed by atoms with Gasteiger partial charge in [0, 0.05) is 69.6 Å². The van der Waals surface area contributed by atoms with Crippen molar-refractivity contribution in [2.24, 2.45) is 0 Å². The summed E-state index contributed by atoms with van der Waals surface area (Å²) in [6.07, 6.45) is 33.8. The van der Waals surface area contributed by atoms with E-state index in [4.69, 9.17) is 9.97 Å². The third-order valence-electron chi connectivity index (χ3n) is 10.8. The van der Waals surface area contributed by atoms with Crippen molar-refractivity contribution in [3.63, 3.8) is 0 Å². The summed E-state index contributed by atoms with van der Waals surface area (Å²) in [5, 5.41) is 0. The van der Waals surface area contributed by atoms with Gasteiger partial charge in [0.1, 0.15) is 0 Å². The van der Waals surface area contributed by atoms with E-state index in [9.17, 15) is 0 Å². The minimum atomic E-state index is 0.727. The smallest absolute Gasteiger partial charge is 0.0969 e. The summed E-state index contributed by atoms with van der Waals surface area (Å²) in [5.41, 5.74) is 23.9. The fourth-order valence-corrected chi connectivity index (χ4v) is 8.05. The fourth-order valence-electron chi connectivity index (χ4n) is 8.05. The summed E-state index contributed by atoms with van der Waals surface area (Å²) in [6, 6.07) is 37.3. The van der Waals surface area contributed by atoms with Gasteiger partial charge in [-0.15, -0.1) is 18.0 Å². The average Bonchev–Trinajstić information content (AvgIpc) is 3.59. The minimum Gasteiger partial charge on any atom is -0.308 e. The molecule has 0 saturated heterocycles. The maximum atomic E-state index is 4.90. The van der Waals surface area contributed by atoms with Crippen LogP contribution >= 0.6 is 0 Å². The van der Waals surface area contributed by atoms with Crippen LogP contribution in [0.1, 0.15) is 40.7 Å². The van der Waals surface area contributed by atoms with Crippen LogP contribution in [0.3, 0.4) is 0 Å². The predicted molar refractivity (Wildman–Crippen MR) is 278 cm³/mol. The Hall–Kier alpha value is -8.92. The number of aromatic nitrogens is 6. The highest BCUT2D eigenvalue weighted by Gasteiger charge is 2.21. The molecular formula is C60H48N6. The maximum absolute atomic E-state index is 4.90. The molecule has 0 spiro atoms. The van der Waals surface area contributed by atoms with E-state index in [0.29, 0.717) is 0 Å². The van der Waals surface area contributed by atoms with Gasteiger partial charge >= 0.3 is 0 Å². The monoisotopic (exact) mass is 852 g/mol. The molecule has 318 valence electrons. The van der Waals surface area contributed by atoms with Crippen LogP contribution in [0.4, 0.5) is 0 Å². The van der Waals surface area contributed by atoms with Crippen molar-refractivity contribution in [2.45, 2.75) is 13.3 Å². The molecule has 2 aliphatic carbocycles. The molecule has 0 bridgehead atoms. The first-order chi connectivity index (χ1) is 32.6. The first kappa shape index (κ1) is 43.7. The Labute approximate surface area is 386 Å². The van der Waals surface area contributed by atoms with Gasteiger partial charge in [0.15, 0.2) is 0 Å². The first-order valence-corrected chi connectivity index (χ1v) is 21.7. The Bertz CT molecular complexity index is 3360. The SMILES string of the molecule is C=CC.C=CC=C.C=Cc1c(/C=C\Cc2ccccc2-c2ccccn2)n(-c2cccc(-n3c4c(c5ncccc53)C=C=C(C3=C=CC=CC=C3c3ccccn3)C=C4)c2)c2cccnc12. The van der Waals surface area contributed by atoms with Crippen molar-refractivity contribution in [1.29, 1.82) is 0 Å². The molecular weight excluding hydrogens is 805 g/mol. The summed E-state index contributed by atoms with van der Waals surface area (Å²) < 4.78 is 4.57. The van der Waals surface area contributed by atoms with E-state index in [1.807, 2.05) is 98.5 Å². The molecule has 2 aromatic carbocycles. The van der Waals surface area contributed by atoms with Crippen molar-refractivity contribution in [2.75, 3.05) is 0 Å². The Balaban J connectivity index is 0.000000794. The standard InChI is InChI=1S/C53H36N6.C4H6.C3H6/c1-2-41-48(25-12-17-37-16-6-7-21-43(37)46-23-8-10-32-54-46)58(50-26-14-34-56-52(41)50)39-18-13-19-40(36-39)59-49-31-29-38(28-30-45(49)53-51(59)27-15-35-57-53)42-20-4-3-5-22-44(42)47-24-9-11-33-55-47;1-3-4-2;1-3-2/h2-16,18-19,21-27,29-36H,1,17H2;3-4H,1-2H2;3H,1H2,2H3/b25-12-;;. The summed E-state index contributed by atoms with van der Waals surface area (Å²) in [7, 11) is 0. The van der Waals surface area contributed by atoms with E-state index in [2.05, 4.69) is 160 Å². The lowest BCUT2D eigenvalue weighted by Crippen LogP contribution is -2.02. The number of hydrogen-bond donors (Lipinski definition) is 0. The van der Waals surface area contributed by atoms with Crippen LogP contribution in [0.5, 0.6) is 0 Å². The Morgan fingerprint density at radius 3 is 2.02 bits per heavy atom. The predicted octanol–water partition coefficient (Wildman–Crippen LogP) is 14.6. The average molecular weight is 853 g/mol. The number of allylic oxidation sites excluding steroid dienone is 11. The van der Waals surface area contributed by atoms with Gasteiger partial charge in [0.2, 0.25) is 0 Å². The van der Waals surface area contributed by atoms with E-state index in [1.165, 1.54) is 5.56 Å². The highest BCUT2D eigenvalue weighted by Crippen LogP contribution is 2.37. The molecule has 0 fully saturated rings. The lowest BCUT2D eigenvalue weighted by molar-refractivity contribution is 1.06. The molecule has 6 heteroatoms. The molecule has 6 aromatic heterocycles. The molecule has 0 atom stereocenters. The topological polar surface area (TPSA) is 61.4 Å². The Kier molecular flexibility index (Phi) is 13.9. The molecule has 0 saturated carbocycles. The van der Waals surface area contributed by atoms with Crippen molar-refractivity contribution < 1.29 is 0 Å². The van der Waals surface area contributed by atoms with Crippen LogP contribution < -0.4 is 0 Å². The Morgan fingerprint density at radius 1 is 0.636 bits per heavy atom. The van der Waals surface area contributed by atoms with Gasteiger partial charge in [0.25, 0.3) is 0 Å². The van der Waals surface area contributed by atoms with Gasteiger partial charge in [-0.1, -0.05) is 111 Å². The molecule has 6 heterocycles. The van der Waals surface area contributed by atoms with Gasteiger partial charge < -0.3 is 9.13 Å². The largest absolute Gasteiger partial charge is 0.308 e. The molecule has 6 nitrogen and oxygen atoms in total. The zero-order valence-corrected chi connectivity index (χ0v) is 36.9. The highest BCUT2D eigenvalue weighted by atomic mass is 15.0. The molecule has 0 N–H and O–H groups in total. The van der Waals surface area contributed by atoms with Crippen LogP contribution in [0.15, 0.2) is 238 Å². The number of nitrogens with zero attached hydrogens (tertiary/aromatic N) is 6. The first-order valence-electron chi connectivity index (χ1n) is 21.7. The minimum absolute atomic E-state index is 0.727. The lowest BCUT2D eigenvalue weighted by atomic mass is 9.95. The number of rotatable bonds is 10. The zero-order valence-electron chi connectivity index (χ0n) is 36.9. The quantitative estimate of drug-likeness (QED) is 0.0781. The molecule has 8 aromatic rings. The van der Waals surface area contributed by atoms with Gasteiger partial charge in [-0.25, -0.2) is 0 Å². The number of pyridine rings is 4. The zero-order chi connectivity index (χ0) is 45.7. The molecule has 2 aliphatic rings. The highest BCUT2D eigenvalue weighted by molar-refractivity contribution is 5.96. The molecule has 0 amide bonds. The van der Waals surface area contributed by atoms with Crippen LogP contribution in [0.25, 0.3) is 74.6 Å². The second-order valence-electron chi connectivity index (χ2n) is 15.0. The van der Waals surface area contributed by atoms with Crippen molar-refractivity contribution in [3.8, 4) is 22.6 Å². The maximum Gasteiger partial charge on any atom is 0.0969 e. The van der Waals surface area contributed by atoms with Gasteiger partial charge in [-0.05, 0) is 116 Å². The van der Waals surface area contributed by atoms with Crippen LogP contribution in [-0.4, -0.2) is 29.1 Å². The summed E-state index contributed by atoms with van der Waals surface area (Å²) in [5.74, 6) is 0. The summed E-state index contributed by atoms with van der Waals surface area (Å²) in [6.45, 7) is 16.2. The number of hydrogen-bond acceptors (Lipinski definition) is 4. The van der Waals surface area contributed by atoms with Crippen LogP contribution in [0, 0.1) is 0 Å². The number of benzene rings is 2. The van der Waals surface area contributed by atoms with Crippen molar-refractivity contribution >= 4 is 51.9 Å². The second-order valence-corrected chi connectivity index (χ2v) is 15.0. The molecule has 0 radical (unpaired) electrons. The fraction of sp³-hybridized carbons (Fsp3) is 0.0333. The summed E-state index contributed by atoms with van der Waals surface area (Å²) in [4.78, 5) is 19.0. The third-order valence-corrected chi connectivity index (χ3v) is 10.8. The van der Waals surface area contributed by atoms with E-state index < -0.39 is 0 Å². The van der Waals surface area contributed by atoms with Crippen LogP contribution in [-0.2, 0) is 6.42 Å². The summed E-state index contributed by atoms with van der Waals surface area (Å²) >= 11 is 0. The van der Waals surface area contributed by atoms with Gasteiger partial charge in [0.05, 0.1) is 44.8 Å². The normalized spacial score (nSPS) is 12.4. The van der Waals surface area contributed by atoms with E-state index in [0.717, 1.165) is 96.0 Å². The number of fused-ring (bicyclic) bond motifs is 4.